The third-order valence-corrected chi connectivity index (χ3v) is 2.20. The third kappa shape index (κ3) is 2.04. The first kappa shape index (κ1) is 11.0. The zero-order chi connectivity index (χ0) is 10.9. The summed E-state index contributed by atoms with van der Waals surface area (Å²) < 4.78 is 13.6. The molecular formula is C11H16FNO. The smallest absolute Gasteiger partial charge is 0.134 e. The highest BCUT2D eigenvalue weighted by molar-refractivity contribution is 5.44. The Morgan fingerprint density at radius 3 is 2.43 bits per heavy atom. The van der Waals surface area contributed by atoms with Gasteiger partial charge in [-0.2, -0.15) is 0 Å². The van der Waals surface area contributed by atoms with Gasteiger partial charge in [-0.25, -0.2) is 4.39 Å². The van der Waals surface area contributed by atoms with Crippen LogP contribution in [0.1, 0.15) is 37.9 Å². The van der Waals surface area contributed by atoms with Gasteiger partial charge in [0, 0.05) is 17.2 Å². The van der Waals surface area contributed by atoms with Crippen molar-refractivity contribution in [2.45, 2.75) is 32.5 Å². The van der Waals surface area contributed by atoms with Crippen molar-refractivity contribution in [1.29, 1.82) is 0 Å². The number of aromatic hydroxyl groups is 1. The van der Waals surface area contributed by atoms with Gasteiger partial charge in [-0.05, 0) is 20.8 Å². The van der Waals surface area contributed by atoms with Crippen LogP contribution >= 0.6 is 0 Å². The van der Waals surface area contributed by atoms with E-state index < -0.39 is 5.67 Å². The van der Waals surface area contributed by atoms with Crippen LogP contribution in [-0.2, 0) is 5.67 Å². The summed E-state index contributed by atoms with van der Waals surface area (Å²) in [5.41, 5.74) is 4.96. The van der Waals surface area contributed by atoms with Crippen molar-refractivity contribution in [3.8, 4) is 5.75 Å². The third-order valence-electron chi connectivity index (χ3n) is 2.20. The fourth-order valence-corrected chi connectivity index (χ4v) is 1.41. The first-order chi connectivity index (χ1) is 6.34. The van der Waals surface area contributed by atoms with Crippen LogP contribution in [-0.4, -0.2) is 5.11 Å². The Morgan fingerprint density at radius 1 is 1.43 bits per heavy atom. The van der Waals surface area contributed by atoms with Crippen LogP contribution in [0.4, 0.5) is 4.39 Å². The standard InChI is InChI=1S/C11H16FNO/c1-7(13)8-5-4-6-9(10(8)14)11(2,3)12/h4-7,14H,13H2,1-3H3. The minimum atomic E-state index is -1.55. The molecule has 0 heterocycles. The van der Waals surface area contributed by atoms with Crippen molar-refractivity contribution in [2.75, 3.05) is 0 Å². The van der Waals surface area contributed by atoms with Crippen molar-refractivity contribution >= 4 is 0 Å². The molecule has 1 rings (SSSR count). The van der Waals surface area contributed by atoms with Gasteiger partial charge < -0.3 is 10.8 Å². The number of para-hydroxylation sites is 1. The van der Waals surface area contributed by atoms with E-state index >= 15 is 0 Å². The fourth-order valence-electron chi connectivity index (χ4n) is 1.41. The van der Waals surface area contributed by atoms with E-state index in [1.54, 1.807) is 25.1 Å². The predicted octanol–water partition coefficient (Wildman–Crippen LogP) is 2.62. The number of phenolic OH excluding ortho intramolecular Hbond substituents is 1. The molecule has 0 aromatic heterocycles. The van der Waals surface area contributed by atoms with Gasteiger partial charge >= 0.3 is 0 Å². The zero-order valence-corrected chi connectivity index (χ0v) is 8.71. The van der Waals surface area contributed by atoms with E-state index in [0.717, 1.165) is 0 Å². The molecule has 0 spiro atoms. The maximum atomic E-state index is 13.6. The zero-order valence-electron chi connectivity index (χ0n) is 8.71. The molecule has 1 atom stereocenters. The second kappa shape index (κ2) is 3.58. The van der Waals surface area contributed by atoms with Gasteiger partial charge in [-0.15, -0.1) is 0 Å². The number of hydrogen-bond acceptors (Lipinski definition) is 2. The van der Waals surface area contributed by atoms with Gasteiger partial charge in [0.25, 0.3) is 0 Å². The lowest BCUT2D eigenvalue weighted by Crippen LogP contribution is -2.12. The lowest BCUT2D eigenvalue weighted by molar-refractivity contribution is 0.214. The summed E-state index contributed by atoms with van der Waals surface area (Å²) in [4.78, 5) is 0. The van der Waals surface area contributed by atoms with Gasteiger partial charge in [-0.1, -0.05) is 18.2 Å². The second-order valence-corrected chi connectivity index (χ2v) is 4.00. The van der Waals surface area contributed by atoms with E-state index in [0.29, 0.717) is 5.56 Å². The largest absolute Gasteiger partial charge is 0.507 e. The molecule has 1 aromatic rings. The highest BCUT2D eigenvalue weighted by Crippen LogP contribution is 2.35. The summed E-state index contributed by atoms with van der Waals surface area (Å²) in [6.07, 6.45) is 0. The van der Waals surface area contributed by atoms with Crippen LogP contribution in [0, 0.1) is 0 Å². The van der Waals surface area contributed by atoms with Crippen molar-refractivity contribution in [3.63, 3.8) is 0 Å². The Labute approximate surface area is 83.6 Å². The number of rotatable bonds is 2. The first-order valence-electron chi connectivity index (χ1n) is 4.61. The molecule has 0 aliphatic heterocycles. The maximum Gasteiger partial charge on any atom is 0.134 e. The van der Waals surface area contributed by atoms with Crippen LogP contribution in [0.2, 0.25) is 0 Å². The number of benzene rings is 1. The number of nitrogens with two attached hydrogens (primary N) is 1. The molecule has 0 saturated carbocycles. The van der Waals surface area contributed by atoms with E-state index in [-0.39, 0.29) is 17.4 Å². The van der Waals surface area contributed by atoms with Crippen molar-refractivity contribution in [2.24, 2.45) is 5.73 Å². The molecule has 3 N–H and O–H groups in total. The fraction of sp³-hybridized carbons (Fsp3) is 0.455. The summed E-state index contributed by atoms with van der Waals surface area (Å²) in [7, 11) is 0. The van der Waals surface area contributed by atoms with Crippen molar-refractivity contribution < 1.29 is 9.50 Å². The topological polar surface area (TPSA) is 46.2 Å². The van der Waals surface area contributed by atoms with E-state index in [1.165, 1.54) is 13.8 Å². The number of alkyl halides is 1. The van der Waals surface area contributed by atoms with Gasteiger partial charge in [-0.3, -0.25) is 0 Å². The van der Waals surface area contributed by atoms with Gasteiger partial charge in [0.15, 0.2) is 0 Å². The molecule has 0 fully saturated rings. The Balaban J connectivity index is 3.28. The average Bonchev–Trinajstić information content (AvgIpc) is 2.01. The molecule has 0 aliphatic rings. The molecule has 2 nitrogen and oxygen atoms in total. The summed E-state index contributed by atoms with van der Waals surface area (Å²) in [6.45, 7) is 4.57. The van der Waals surface area contributed by atoms with Gasteiger partial charge in [0.2, 0.25) is 0 Å². The SMILES string of the molecule is CC(N)c1cccc(C(C)(C)F)c1O. The summed E-state index contributed by atoms with van der Waals surface area (Å²) in [5.74, 6) is -0.0324. The summed E-state index contributed by atoms with van der Waals surface area (Å²) in [5, 5.41) is 9.77. The quantitative estimate of drug-likeness (QED) is 0.765. The maximum absolute atomic E-state index is 13.6. The predicted molar refractivity (Wildman–Crippen MR) is 54.8 cm³/mol. The van der Waals surface area contributed by atoms with Crippen LogP contribution < -0.4 is 5.73 Å². The molecule has 1 aromatic carbocycles. The molecule has 0 saturated heterocycles. The molecule has 3 heteroatoms. The first-order valence-corrected chi connectivity index (χ1v) is 4.61. The second-order valence-electron chi connectivity index (χ2n) is 4.00. The molecule has 14 heavy (non-hydrogen) atoms. The minimum absolute atomic E-state index is 0.0324. The highest BCUT2D eigenvalue weighted by atomic mass is 19.1. The molecule has 0 amide bonds. The minimum Gasteiger partial charge on any atom is -0.507 e. The van der Waals surface area contributed by atoms with Crippen molar-refractivity contribution in [3.05, 3.63) is 29.3 Å². The molecular weight excluding hydrogens is 181 g/mol. The van der Waals surface area contributed by atoms with Gasteiger partial charge in [0.1, 0.15) is 11.4 Å². The van der Waals surface area contributed by atoms with E-state index in [9.17, 15) is 9.50 Å². The molecule has 0 bridgehead atoms. The lowest BCUT2D eigenvalue weighted by Gasteiger charge is -2.19. The monoisotopic (exact) mass is 197 g/mol. The molecule has 78 valence electrons. The number of hydrogen-bond donors (Lipinski definition) is 2. The molecule has 0 radical (unpaired) electrons. The Hall–Kier alpha value is -1.09. The number of phenols is 1. The molecule has 1 unspecified atom stereocenters. The summed E-state index contributed by atoms with van der Waals surface area (Å²) in [6, 6.07) is 4.68. The molecule has 0 aliphatic carbocycles. The highest BCUT2D eigenvalue weighted by Gasteiger charge is 2.24. The van der Waals surface area contributed by atoms with E-state index in [2.05, 4.69) is 0 Å². The van der Waals surface area contributed by atoms with Crippen LogP contribution in [0.3, 0.4) is 0 Å². The Bertz CT molecular complexity index is 329. The van der Waals surface area contributed by atoms with Crippen LogP contribution in [0.15, 0.2) is 18.2 Å². The van der Waals surface area contributed by atoms with E-state index in [4.69, 9.17) is 5.73 Å². The summed E-state index contributed by atoms with van der Waals surface area (Å²) >= 11 is 0. The lowest BCUT2D eigenvalue weighted by atomic mass is 9.94. The average molecular weight is 197 g/mol. The van der Waals surface area contributed by atoms with E-state index in [1.807, 2.05) is 0 Å². The Morgan fingerprint density at radius 2 is 2.00 bits per heavy atom. The normalized spacial score (nSPS) is 14.1. The van der Waals surface area contributed by atoms with Crippen LogP contribution in [0.5, 0.6) is 5.75 Å². The number of halogens is 1. The van der Waals surface area contributed by atoms with Crippen molar-refractivity contribution in [1.82, 2.24) is 0 Å². The van der Waals surface area contributed by atoms with Crippen LogP contribution in [0.25, 0.3) is 0 Å². The Kier molecular flexibility index (Phi) is 2.81. The van der Waals surface area contributed by atoms with Gasteiger partial charge in [0.05, 0.1) is 0 Å².